The van der Waals surface area contributed by atoms with Gasteiger partial charge in [-0.05, 0) is 69.3 Å². The molecule has 1 aromatic rings. The Kier molecular flexibility index (Phi) is 4.72. The van der Waals surface area contributed by atoms with Crippen molar-refractivity contribution in [2.24, 2.45) is 17.8 Å². The Morgan fingerprint density at radius 3 is 2.29 bits per heavy atom. The second kappa shape index (κ2) is 7.07. The highest BCUT2D eigenvalue weighted by Gasteiger charge is 2.51. The molecule has 5 rings (SSSR count). The molecule has 8 nitrogen and oxygen atoms in total. The molecule has 4 aliphatic carbocycles. The number of para-hydroxylation sites is 2. The van der Waals surface area contributed by atoms with E-state index in [2.05, 4.69) is 10.6 Å². The van der Waals surface area contributed by atoms with Gasteiger partial charge in [0.1, 0.15) is 0 Å². The van der Waals surface area contributed by atoms with E-state index in [1.807, 2.05) is 0 Å². The second-order valence-corrected chi connectivity index (χ2v) is 8.63. The van der Waals surface area contributed by atoms with Crippen LogP contribution in [-0.4, -0.2) is 28.5 Å². The number of imide groups is 1. The Morgan fingerprint density at radius 1 is 1.14 bits per heavy atom. The lowest BCUT2D eigenvalue weighted by Gasteiger charge is -2.56. The molecule has 0 aliphatic heterocycles. The van der Waals surface area contributed by atoms with Gasteiger partial charge in [-0.25, -0.2) is 4.79 Å². The molecule has 0 aromatic heterocycles. The van der Waals surface area contributed by atoms with Gasteiger partial charge < -0.3 is 10.1 Å². The SMILES string of the molecule is CC(Oc1ccccc1[N+](=O)[O-])C(=O)NC(=O)NC12CC3CC(CC(C3)C1)C2. The largest absolute Gasteiger partial charge is 0.474 e. The molecular formula is C20H25N3O5. The number of nitrogens with zero attached hydrogens (tertiary/aromatic N) is 1. The number of rotatable bonds is 5. The van der Waals surface area contributed by atoms with Gasteiger partial charge >= 0.3 is 11.7 Å². The van der Waals surface area contributed by atoms with Crippen LogP contribution in [0.15, 0.2) is 24.3 Å². The number of nitrogens with one attached hydrogen (secondary N) is 2. The molecule has 4 aliphatic rings. The molecular weight excluding hydrogens is 362 g/mol. The summed E-state index contributed by atoms with van der Waals surface area (Å²) in [7, 11) is 0. The summed E-state index contributed by atoms with van der Waals surface area (Å²) in [4.78, 5) is 35.3. The molecule has 4 fully saturated rings. The number of amides is 3. The summed E-state index contributed by atoms with van der Waals surface area (Å²) in [5.74, 6) is 1.42. The highest BCUT2D eigenvalue weighted by molar-refractivity contribution is 5.96. The third-order valence-electron chi connectivity index (χ3n) is 6.39. The second-order valence-electron chi connectivity index (χ2n) is 8.63. The Bertz CT molecular complexity index is 774. The van der Waals surface area contributed by atoms with Crippen molar-refractivity contribution in [3.8, 4) is 5.75 Å². The third-order valence-corrected chi connectivity index (χ3v) is 6.39. The number of hydrogen-bond acceptors (Lipinski definition) is 5. The van der Waals surface area contributed by atoms with E-state index in [9.17, 15) is 19.7 Å². The molecule has 150 valence electrons. The van der Waals surface area contributed by atoms with E-state index in [1.165, 1.54) is 44.4 Å². The van der Waals surface area contributed by atoms with Crippen molar-refractivity contribution in [1.82, 2.24) is 10.6 Å². The minimum Gasteiger partial charge on any atom is -0.474 e. The molecule has 4 saturated carbocycles. The first-order valence-electron chi connectivity index (χ1n) is 9.87. The molecule has 3 amide bonds. The number of hydrogen-bond donors (Lipinski definition) is 2. The summed E-state index contributed by atoms with van der Waals surface area (Å²) < 4.78 is 5.43. The maximum atomic E-state index is 12.5. The van der Waals surface area contributed by atoms with Gasteiger partial charge in [0.15, 0.2) is 11.9 Å². The lowest BCUT2D eigenvalue weighted by molar-refractivity contribution is -0.386. The first-order chi connectivity index (χ1) is 13.3. The van der Waals surface area contributed by atoms with Crippen molar-refractivity contribution in [2.75, 3.05) is 0 Å². The average molecular weight is 387 g/mol. The van der Waals surface area contributed by atoms with Crippen LogP contribution in [0.5, 0.6) is 5.75 Å². The van der Waals surface area contributed by atoms with E-state index >= 15 is 0 Å². The van der Waals surface area contributed by atoms with Crippen LogP contribution < -0.4 is 15.4 Å². The van der Waals surface area contributed by atoms with Gasteiger partial charge in [-0.15, -0.1) is 0 Å². The quantitative estimate of drug-likeness (QED) is 0.596. The first-order valence-corrected chi connectivity index (χ1v) is 9.87. The first kappa shape index (κ1) is 18.7. The molecule has 0 spiro atoms. The zero-order valence-electron chi connectivity index (χ0n) is 15.8. The fourth-order valence-corrected chi connectivity index (χ4v) is 5.70. The average Bonchev–Trinajstić information content (AvgIpc) is 2.60. The maximum Gasteiger partial charge on any atom is 0.321 e. The molecule has 0 radical (unpaired) electrons. The predicted octanol–water partition coefficient (Wildman–Crippen LogP) is 3.16. The van der Waals surface area contributed by atoms with Crippen LogP contribution in [0.4, 0.5) is 10.5 Å². The summed E-state index contributed by atoms with van der Waals surface area (Å²) in [6.07, 6.45) is 5.73. The molecule has 8 heteroatoms. The number of ether oxygens (including phenoxy) is 1. The van der Waals surface area contributed by atoms with Crippen molar-refractivity contribution >= 4 is 17.6 Å². The highest BCUT2D eigenvalue weighted by Crippen LogP contribution is 2.55. The molecule has 0 saturated heterocycles. The Balaban J connectivity index is 1.35. The van der Waals surface area contributed by atoms with Gasteiger partial charge in [0, 0.05) is 11.6 Å². The fourth-order valence-electron chi connectivity index (χ4n) is 5.70. The van der Waals surface area contributed by atoms with Crippen LogP contribution in [0.3, 0.4) is 0 Å². The minimum atomic E-state index is -1.04. The standard InChI is InChI=1S/C20H25N3O5/c1-12(28-17-5-3-2-4-16(17)23(26)27)18(24)21-19(25)22-20-9-13-6-14(10-20)8-15(7-13)11-20/h2-5,12-15H,6-11H2,1H3,(H2,21,22,24,25). The van der Waals surface area contributed by atoms with Crippen molar-refractivity contribution in [1.29, 1.82) is 0 Å². The van der Waals surface area contributed by atoms with E-state index in [-0.39, 0.29) is 17.0 Å². The van der Waals surface area contributed by atoms with E-state index in [0.717, 1.165) is 19.3 Å². The summed E-state index contributed by atoms with van der Waals surface area (Å²) in [5, 5.41) is 16.5. The molecule has 1 aromatic carbocycles. The van der Waals surface area contributed by atoms with Crippen LogP contribution in [0, 0.1) is 27.9 Å². The maximum absolute atomic E-state index is 12.5. The Hall–Kier alpha value is -2.64. The Morgan fingerprint density at radius 2 is 1.71 bits per heavy atom. The van der Waals surface area contributed by atoms with Gasteiger partial charge in [-0.2, -0.15) is 0 Å². The topological polar surface area (TPSA) is 111 Å². The highest BCUT2D eigenvalue weighted by atomic mass is 16.6. The zero-order valence-corrected chi connectivity index (χ0v) is 15.8. The van der Waals surface area contributed by atoms with Crippen molar-refractivity contribution < 1.29 is 19.2 Å². The van der Waals surface area contributed by atoms with Gasteiger partial charge in [0.05, 0.1) is 4.92 Å². The number of nitro groups is 1. The lowest BCUT2D eigenvalue weighted by atomic mass is 9.53. The van der Waals surface area contributed by atoms with Crippen molar-refractivity contribution in [2.45, 2.75) is 57.1 Å². The van der Waals surface area contributed by atoms with E-state index < -0.39 is 23.0 Å². The summed E-state index contributed by atoms with van der Waals surface area (Å²) >= 11 is 0. The van der Waals surface area contributed by atoms with E-state index in [4.69, 9.17) is 4.74 Å². The number of urea groups is 1. The van der Waals surface area contributed by atoms with Crippen LogP contribution in [0.2, 0.25) is 0 Å². The molecule has 4 bridgehead atoms. The predicted molar refractivity (Wildman–Crippen MR) is 101 cm³/mol. The Labute approximate surface area is 163 Å². The minimum absolute atomic E-state index is 0.00311. The fraction of sp³-hybridized carbons (Fsp3) is 0.600. The zero-order chi connectivity index (χ0) is 19.9. The third kappa shape index (κ3) is 3.68. The number of benzene rings is 1. The van der Waals surface area contributed by atoms with Crippen molar-refractivity contribution in [3.63, 3.8) is 0 Å². The number of nitro benzene ring substituents is 1. The summed E-state index contributed by atoms with van der Waals surface area (Å²) in [6.45, 7) is 1.46. The normalized spacial score (nSPS) is 31.1. The number of carbonyl (C=O) groups excluding carboxylic acids is 2. The van der Waals surface area contributed by atoms with Crippen LogP contribution >= 0.6 is 0 Å². The van der Waals surface area contributed by atoms with Crippen LogP contribution in [0.1, 0.15) is 45.4 Å². The van der Waals surface area contributed by atoms with Gasteiger partial charge in [0.25, 0.3) is 5.91 Å². The van der Waals surface area contributed by atoms with Crippen LogP contribution in [0.25, 0.3) is 0 Å². The lowest BCUT2D eigenvalue weighted by Crippen LogP contribution is -2.62. The van der Waals surface area contributed by atoms with Crippen LogP contribution in [-0.2, 0) is 4.79 Å². The van der Waals surface area contributed by atoms with E-state index in [1.54, 1.807) is 6.07 Å². The molecule has 0 heterocycles. The molecule has 1 unspecified atom stereocenters. The van der Waals surface area contributed by atoms with Gasteiger partial charge in [-0.3, -0.25) is 20.2 Å². The number of carbonyl (C=O) groups is 2. The summed E-state index contributed by atoms with van der Waals surface area (Å²) in [5.41, 5.74) is -0.415. The molecule has 28 heavy (non-hydrogen) atoms. The van der Waals surface area contributed by atoms with Gasteiger partial charge in [0.2, 0.25) is 0 Å². The van der Waals surface area contributed by atoms with Gasteiger partial charge in [-0.1, -0.05) is 12.1 Å². The molecule has 1 atom stereocenters. The molecule has 2 N–H and O–H groups in total. The van der Waals surface area contributed by atoms with Crippen molar-refractivity contribution in [3.05, 3.63) is 34.4 Å². The monoisotopic (exact) mass is 387 g/mol. The smallest absolute Gasteiger partial charge is 0.321 e. The van der Waals surface area contributed by atoms with E-state index in [0.29, 0.717) is 17.8 Å². The summed E-state index contributed by atoms with van der Waals surface area (Å²) in [6, 6.07) is 5.34.